The lowest BCUT2D eigenvalue weighted by atomic mass is 10.1. The van der Waals surface area contributed by atoms with Crippen molar-refractivity contribution in [1.82, 2.24) is 9.97 Å². The standard InChI is InChI=1S/C20H14N2O3/c23-19-16-9-3-4-11-17(16)21-18(22-19)12-25-20(24)15-10-5-7-13-6-1-2-8-14(13)15/h1-11H,12H2,(H,21,22,23). The molecule has 0 atom stereocenters. The van der Waals surface area contributed by atoms with Gasteiger partial charge in [-0.25, -0.2) is 9.78 Å². The second-order valence-corrected chi connectivity index (χ2v) is 5.63. The SMILES string of the molecule is O=C(OCc1nc2ccccc2c(=O)[nH]1)c1cccc2ccccc12. The van der Waals surface area contributed by atoms with Crippen molar-refractivity contribution in [2.45, 2.75) is 6.61 Å². The Balaban J connectivity index is 1.61. The van der Waals surface area contributed by atoms with Gasteiger partial charge in [0.2, 0.25) is 0 Å². The number of nitrogens with one attached hydrogen (secondary N) is 1. The Morgan fingerprint density at radius 2 is 1.64 bits per heavy atom. The molecule has 0 spiro atoms. The van der Waals surface area contributed by atoms with E-state index in [-0.39, 0.29) is 12.2 Å². The average Bonchev–Trinajstić information content (AvgIpc) is 2.66. The van der Waals surface area contributed by atoms with Crippen LogP contribution in [0.5, 0.6) is 0 Å². The lowest BCUT2D eigenvalue weighted by molar-refractivity contribution is 0.0464. The molecule has 0 aliphatic rings. The highest BCUT2D eigenvalue weighted by Crippen LogP contribution is 2.19. The van der Waals surface area contributed by atoms with Crippen molar-refractivity contribution in [3.05, 3.63) is 88.5 Å². The van der Waals surface area contributed by atoms with Crippen molar-refractivity contribution in [3.8, 4) is 0 Å². The summed E-state index contributed by atoms with van der Waals surface area (Å²) in [4.78, 5) is 31.5. The molecule has 4 rings (SSSR count). The van der Waals surface area contributed by atoms with Crippen LogP contribution in [-0.4, -0.2) is 15.9 Å². The fraction of sp³-hybridized carbons (Fsp3) is 0.0500. The fourth-order valence-corrected chi connectivity index (χ4v) is 2.82. The third-order valence-corrected chi connectivity index (χ3v) is 4.01. The van der Waals surface area contributed by atoms with Crippen molar-refractivity contribution in [2.75, 3.05) is 0 Å². The Labute approximate surface area is 142 Å². The van der Waals surface area contributed by atoms with E-state index in [2.05, 4.69) is 9.97 Å². The molecule has 0 unspecified atom stereocenters. The average molecular weight is 330 g/mol. The third kappa shape index (κ3) is 2.87. The van der Waals surface area contributed by atoms with Crippen molar-refractivity contribution in [2.24, 2.45) is 0 Å². The Kier molecular flexibility index (Phi) is 3.74. The zero-order valence-electron chi connectivity index (χ0n) is 13.2. The monoisotopic (exact) mass is 330 g/mol. The maximum absolute atomic E-state index is 12.4. The fourth-order valence-electron chi connectivity index (χ4n) is 2.82. The van der Waals surface area contributed by atoms with Crippen molar-refractivity contribution in [1.29, 1.82) is 0 Å². The van der Waals surface area contributed by atoms with Crippen LogP contribution in [0.25, 0.3) is 21.7 Å². The molecular formula is C20H14N2O3. The Bertz CT molecular complexity index is 1140. The molecule has 1 aromatic heterocycles. The molecule has 0 radical (unpaired) electrons. The van der Waals surface area contributed by atoms with E-state index < -0.39 is 5.97 Å². The highest BCUT2D eigenvalue weighted by Gasteiger charge is 2.12. The van der Waals surface area contributed by atoms with E-state index in [1.807, 2.05) is 36.4 Å². The van der Waals surface area contributed by atoms with E-state index in [0.29, 0.717) is 22.3 Å². The van der Waals surface area contributed by atoms with Crippen molar-refractivity contribution in [3.63, 3.8) is 0 Å². The van der Waals surface area contributed by atoms with Crippen LogP contribution in [0, 0.1) is 0 Å². The van der Waals surface area contributed by atoms with Gasteiger partial charge in [0.05, 0.1) is 16.5 Å². The molecule has 1 N–H and O–H groups in total. The van der Waals surface area contributed by atoms with E-state index in [9.17, 15) is 9.59 Å². The highest BCUT2D eigenvalue weighted by atomic mass is 16.5. The maximum Gasteiger partial charge on any atom is 0.339 e. The molecule has 0 fully saturated rings. The number of ether oxygens (including phenoxy) is 1. The lowest BCUT2D eigenvalue weighted by Gasteiger charge is -2.08. The molecule has 5 nitrogen and oxygen atoms in total. The number of rotatable bonds is 3. The number of H-pyrrole nitrogens is 1. The van der Waals surface area contributed by atoms with Gasteiger partial charge in [-0.3, -0.25) is 4.79 Å². The summed E-state index contributed by atoms with van der Waals surface area (Å²) in [5.41, 5.74) is 0.811. The number of para-hydroxylation sites is 1. The van der Waals surface area contributed by atoms with Crippen molar-refractivity contribution >= 4 is 27.6 Å². The predicted octanol–water partition coefficient (Wildman–Crippen LogP) is 3.43. The maximum atomic E-state index is 12.4. The molecule has 122 valence electrons. The number of carbonyl (C=O) groups is 1. The summed E-state index contributed by atoms with van der Waals surface area (Å²) in [6.07, 6.45) is 0. The van der Waals surface area contributed by atoms with Gasteiger partial charge < -0.3 is 9.72 Å². The van der Waals surface area contributed by atoms with Crippen LogP contribution in [0.4, 0.5) is 0 Å². The first-order chi connectivity index (χ1) is 12.2. The molecule has 1 heterocycles. The van der Waals surface area contributed by atoms with E-state index in [0.717, 1.165) is 10.8 Å². The van der Waals surface area contributed by atoms with Gasteiger partial charge >= 0.3 is 5.97 Å². The van der Waals surface area contributed by atoms with Gasteiger partial charge in [0.25, 0.3) is 5.56 Å². The molecule has 25 heavy (non-hydrogen) atoms. The van der Waals surface area contributed by atoms with E-state index in [4.69, 9.17) is 4.74 Å². The topological polar surface area (TPSA) is 72.0 Å². The highest BCUT2D eigenvalue weighted by molar-refractivity contribution is 6.04. The molecule has 0 amide bonds. The molecule has 0 saturated carbocycles. The van der Waals surface area contributed by atoms with Crippen LogP contribution in [0.3, 0.4) is 0 Å². The summed E-state index contributed by atoms with van der Waals surface area (Å²) in [5.74, 6) is -0.134. The first-order valence-corrected chi connectivity index (χ1v) is 7.85. The number of nitrogens with zero attached hydrogens (tertiary/aromatic N) is 1. The van der Waals surface area contributed by atoms with Gasteiger partial charge in [0.1, 0.15) is 12.4 Å². The van der Waals surface area contributed by atoms with E-state index in [1.54, 1.807) is 30.3 Å². The molecular weight excluding hydrogens is 316 g/mol. The number of aromatic amines is 1. The zero-order chi connectivity index (χ0) is 17.2. The second-order valence-electron chi connectivity index (χ2n) is 5.63. The molecule has 0 aliphatic carbocycles. The van der Waals surface area contributed by atoms with Gasteiger partial charge in [0, 0.05) is 0 Å². The van der Waals surface area contributed by atoms with Crippen LogP contribution in [0.2, 0.25) is 0 Å². The van der Waals surface area contributed by atoms with Gasteiger partial charge in [-0.15, -0.1) is 0 Å². The van der Waals surface area contributed by atoms with Gasteiger partial charge in [0.15, 0.2) is 0 Å². The smallest absolute Gasteiger partial charge is 0.339 e. The van der Waals surface area contributed by atoms with Crippen LogP contribution >= 0.6 is 0 Å². The first-order valence-electron chi connectivity index (χ1n) is 7.85. The lowest BCUT2D eigenvalue weighted by Crippen LogP contribution is -2.14. The molecule has 4 aromatic rings. The largest absolute Gasteiger partial charge is 0.454 e. The number of aromatic nitrogens is 2. The number of fused-ring (bicyclic) bond motifs is 2. The first kappa shape index (κ1) is 15.1. The molecule has 0 saturated heterocycles. The van der Waals surface area contributed by atoms with Gasteiger partial charge in [-0.1, -0.05) is 48.5 Å². The summed E-state index contributed by atoms with van der Waals surface area (Å²) >= 11 is 0. The number of hydrogen-bond donors (Lipinski definition) is 1. The summed E-state index contributed by atoms with van der Waals surface area (Å²) in [6, 6.07) is 20.1. The summed E-state index contributed by atoms with van der Waals surface area (Å²) in [6.45, 7) is -0.0951. The Morgan fingerprint density at radius 3 is 2.52 bits per heavy atom. The van der Waals surface area contributed by atoms with Crippen molar-refractivity contribution < 1.29 is 9.53 Å². The third-order valence-electron chi connectivity index (χ3n) is 4.01. The normalized spacial score (nSPS) is 10.9. The number of benzene rings is 3. The molecule has 0 bridgehead atoms. The minimum absolute atomic E-state index is 0.0951. The Hall–Kier alpha value is -3.47. The summed E-state index contributed by atoms with van der Waals surface area (Å²) < 4.78 is 5.35. The number of esters is 1. The zero-order valence-corrected chi connectivity index (χ0v) is 13.2. The predicted molar refractivity (Wildman–Crippen MR) is 95.4 cm³/mol. The van der Waals surface area contributed by atoms with Crippen LogP contribution in [-0.2, 0) is 11.3 Å². The summed E-state index contributed by atoms with van der Waals surface area (Å²) in [7, 11) is 0. The van der Waals surface area contributed by atoms with Gasteiger partial charge in [-0.05, 0) is 29.0 Å². The molecule has 3 aromatic carbocycles. The molecule has 5 heteroatoms. The minimum Gasteiger partial charge on any atom is -0.454 e. The van der Waals surface area contributed by atoms with E-state index in [1.165, 1.54) is 0 Å². The summed E-state index contributed by atoms with van der Waals surface area (Å²) in [5, 5.41) is 2.30. The molecule has 0 aliphatic heterocycles. The Morgan fingerprint density at radius 1 is 0.920 bits per heavy atom. The number of carbonyl (C=O) groups excluding carboxylic acids is 1. The number of hydrogen-bond acceptors (Lipinski definition) is 4. The van der Waals surface area contributed by atoms with Crippen LogP contribution < -0.4 is 5.56 Å². The van der Waals surface area contributed by atoms with Crippen LogP contribution in [0.15, 0.2) is 71.5 Å². The second kappa shape index (κ2) is 6.20. The minimum atomic E-state index is -0.451. The van der Waals surface area contributed by atoms with E-state index >= 15 is 0 Å². The van der Waals surface area contributed by atoms with Gasteiger partial charge in [-0.2, -0.15) is 0 Å². The quantitative estimate of drug-likeness (QED) is 0.584. The van der Waals surface area contributed by atoms with Crippen LogP contribution in [0.1, 0.15) is 16.2 Å².